The highest BCUT2D eigenvalue weighted by atomic mass is 35.5. The summed E-state index contributed by atoms with van der Waals surface area (Å²) in [7, 11) is 1.52. The SMILES string of the molecule is COc1ccccc1N1C(=O)/C(=C\c2ccc(-c3cc([N+](=O)[O-])ccc3Cl)o2)SC1=S. The minimum atomic E-state index is -0.507. The number of non-ortho nitro benzene ring substituents is 1. The predicted molar refractivity (Wildman–Crippen MR) is 124 cm³/mol. The molecule has 156 valence electrons. The van der Waals surface area contributed by atoms with Gasteiger partial charge < -0.3 is 9.15 Å². The third kappa shape index (κ3) is 4.07. The van der Waals surface area contributed by atoms with E-state index in [9.17, 15) is 14.9 Å². The number of ether oxygens (including phenoxy) is 1. The molecule has 10 heteroatoms. The summed E-state index contributed by atoms with van der Waals surface area (Å²) >= 11 is 12.7. The molecule has 1 fully saturated rings. The predicted octanol–water partition coefficient (Wildman–Crippen LogP) is 5.92. The molecule has 1 aliphatic rings. The van der Waals surface area contributed by atoms with Gasteiger partial charge in [0, 0.05) is 23.8 Å². The molecule has 7 nitrogen and oxygen atoms in total. The quantitative estimate of drug-likeness (QED) is 0.197. The van der Waals surface area contributed by atoms with Crippen LogP contribution in [0.3, 0.4) is 0 Å². The van der Waals surface area contributed by atoms with Crippen LogP contribution in [0.4, 0.5) is 11.4 Å². The summed E-state index contributed by atoms with van der Waals surface area (Å²) in [5.41, 5.74) is 0.839. The number of nitro benzene ring substituents is 1. The first-order valence-corrected chi connectivity index (χ1v) is 10.4. The second-order valence-electron chi connectivity index (χ2n) is 6.31. The van der Waals surface area contributed by atoms with Gasteiger partial charge in [0.25, 0.3) is 11.6 Å². The summed E-state index contributed by atoms with van der Waals surface area (Å²) in [6.07, 6.45) is 1.57. The fourth-order valence-corrected chi connectivity index (χ4v) is 4.49. The summed E-state index contributed by atoms with van der Waals surface area (Å²) in [6, 6.07) is 14.5. The van der Waals surface area contributed by atoms with Crippen molar-refractivity contribution < 1.29 is 18.9 Å². The number of carbonyl (C=O) groups excluding carboxylic acids is 1. The Kier molecular flexibility index (Phi) is 5.81. The van der Waals surface area contributed by atoms with Crippen molar-refractivity contribution in [1.29, 1.82) is 0 Å². The first kappa shape index (κ1) is 21.1. The summed E-state index contributed by atoms with van der Waals surface area (Å²) in [4.78, 5) is 25.3. The number of rotatable bonds is 5. The van der Waals surface area contributed by atoms with Crippen LogP contribution in [0, 0.1) is 10.1 Å². The summed E-state index contributed by atoms with van der Waals surface area (Å²) in [6.45, 7) is 0. The Morgan fingerprint density at radius 3 is 2.74 bits per heavy atom. The van der Waals surface area contributed by atoms with E-state index in [0.29, 0.717) is 42.8 Å². The molecule has 0 unspecified atom stereocenters. The van der Waals surface area contributed by atoms with E-state index in [1.807, 2.05) is 0 Å². The average molecular weight is 473 g/mol. The van der Waals surface area contributed by atoms with Gasteiger partial charge in [0.15, 0.2) is 4.32 Å². The summed E-state index contributed by atoms with van der Waals surface area (Å²) in [5.74, 6) is 0.963. The van der Waals surface area contributed by atoms with Crippen molar-refractivity contribution >= 4 is 63.3 Å². The number of furan rings is 1. The van der Waals surface area contributed by atoms with E-state index in [1.54, 1.807) is 42.5 Å². The van der Waals surface area contributed by atoms with Gasteiger partial charge in [-0.1, -0.05) is 47.7 Å². The van der Waals surface area contributed by atoms with E-state index in [-0.39, 0.29) is 11.6 Å². The van der Waals surface area contributed by atoms with Gasteiger partial charge in [0.2, 0.25) is 0 Å². The molecular weight excluding hydrogens is 460 g/mol. The van der Waals surface area contributed by atoms with Crippen LogP contribution in [0.2, 0.25) is 5.02 Å². The van der Waals surface area contributed by atoms with Crippen molar-refractivity contribution in [2.75, 3.05) is 12.0 Å². The number of hydrogen-bond acceptors (Lipinski definition) is 7. The summed E-state index contributed by atoms with van der Waals surface area (Å²) < 4.78 is 11.5. The topological polar surface area (TPSA) is 85.8 Å². The van der Waals surface area contributed by atoms with Crippen molar-refractivity contribution in [1.82, 2.24) is 0 Å². The molecule has 1 aromatic heterocycles. The Hall–Kier alpha value is -3.14. The van der Waals surface area contributed by atoms with Crippen molar-refractivity contribution in [3.8, 4) is 17.1 Å². The molecule has 2 heterocycles. The molecule has 1 amide bonds. The average Bonchev–Trinajstić information content (AvgIpc) is 3.32. The number of hydrogen-bond donors (Lipinski definition) is 0. The number of halogens is 1. The van der Waals surface area contributed by atoms with Crippen LogP contribution in [-0.2, 0) is 4.79 Å². The number of amides is 1. The zero-order valence-electron chi connectivity index (χ0n) is 15.9. The number of methoxy groups -OCH3 is 1. The number of anilines is 1. The first-order chi connectivity index (χ1) is 14.9. The van der Waals surface area contributed by atoms with Gasteiger partial charge in [-0.05, 0) is 30.3 Å². The Bertz CT molecular complexity index is 1250. The van der Waals surface area contributed by atoms with Crippen molar-refractivity contribution in [2.24, 2.45) is 0 Å². The number of nitrogens with zero attached hydrogens (tertiary/aromatic N) is 2. The van der Waals surface area contributed by atoms with E-state index in [1.165, 1.54) is 30.2 Å². The lowest BCUT2D eigenvalue weighted by Crippen LogP contribution is -2.27. The van der Waals surface area contributed by atoms with Crippen LogP contribution in [0.1, 0.15) is 5.76 Å². The standard InChI is InChI=1S/C21H13ClN2O5S2/c1-28-18-5-3-2-4-16(18)23-20(25)19(31-21(23)30)11-13-7-9-17(29-13)14-10-12(24(26)27)6-8-15(14)22/h2-11H,1H3/b19-11+. The molecule has 3 aromatic rings. The number of thioether (sulfide) groups is 1. The van der Waals surface area contributed by atoms with E-state index in [2.05, 4.69) is 0 Å². The monoisotopic (exact) mass is 472 g/mol. The van der Waals surface area contributed by atoms with Crippen molar-refractivity contribution in [2.45, 2.75) is 0 Å². The fraction of sp³-hybridized carbons (Fsp3) is 0.0476. The third-order valence-electron chi connectivity index (χ3n) is 4.45. The molecule has 0 spiro atoms. The Morgan fingerprint density at radius 1 is 1.23 bits per heavy atom. The minimum absolute atomic E-state index is 0.102. The highest BCUT2D eigenvalue weighted by Crippen LogP contribution is 2.40. The van der Waals surface area contributed by atoms with Gasteiger partial charge in [-0.25, -0.2) is 0 Å². The molecule has 0 aliphatic carbocycles. The van der Waals surface area contributed by atoms with Crippen LogP contribution >= 0.6 is 35.6 Å². The van der Waals surface area contributed by atoms with E-state index < -0.39 is 4.92 Å². The van der Waals surface area contributed by atoms with Gasteiger partial charge in [-0.2, -0.15) is 0 Å². The third-order valence-corrected chi connectivity index (χ3v) is 6.08. The van der Waals surface area contributed by atoms with Crippen LogP contribution in [0.25, 0.3) is 17.4 Å². The van der Waals surface area contributed by atoms with Gasteiger partial charge in [0.05, 0.1) is 27.6 Å². The highest BCUT2D eigenvalue weighted by Gasteiger charge is 2.35. The lowest BCUT2D eigenvalue weighted by Gasteiger charge is -2.17. The van der Waals surface area contributed by atoms with Crippen LogP contribution in [0.15, 0.2) is 63.9 Å². The fourth-order valence-electron chi connectivity index (χ4n) is 3.01. The van der Waals surface area contributed by atoms with E-state index >= 15 is 0 Å². The Balaban J connectivity index is 1.65. The molecule has 1 saturated heterocycles. The lowest BCUT2D eigenvalue weighted by molar-refractivity contribution is -0.384. The minimum Gasteiger partial charge on any atom is -0.495 e. The maximum Gasteiger partial charge on any atom is 0.271 e. The van der Waals surface area contributed by atoms with Gasteiger partial charge in [0.1, 0.15) is 17.3 Å². The molecule has 0 saturated carbocycles. The highest BCUT2D eigenvalue weighted by molar-refractivity contribution is 8.27. The van der Waals surface area contributed by atoms with Crippen molar-refractivity contribution in [3.63, 3.8) is 0 Å². The number of benzene rings is 2. The molecule has 31 heavy (non-hydrogen) atoms. The van der Waals surface area contributed by atoms with Crippen LogP contribution in [0.5, 0.6) is 5.75 Å². The molecule has 0 bridgehead atoms. The number of thiocarbonyl (C=S) groups is 1. The normalized spacial score (nSPS) is 15.0. The zero-order chi connectivity index (χ0) is 22.1. The zero-order valence-corrected chi connectivity index (χ0v) is 18.3. The summed E-state index contributed by atoms with van der Waals surface area (Å²) in [5, 5.41) is 11.4. The largest absolute Gasteiger partial charge is 0.495 e. The second-order valence-corrected chi connectivity index (χ2v) is 8.40. The Morgan fingerprint density at radius 2 is 2.00 bits per heavy atom. The molecule has 2 aromatic carbocycles. The van der Waals surface area contributed by atoms with Gasteiger partial charge >= 0.3 is 0 Å². The number of carbonyl (C=O) groups is 1. The maximum atomic E-state index is 13.0. The molecular formula is C21H13ClN2O5S2. The maximum absolute atomic E-state index is 13.0. The van der Waals surface area contributed by atoms with Crippen LogP contribution < -0.4 is 9.64 Å². The van der Waals surface area contributed by atoms with E-state index in [4.69, 9.17) is 33.0 Å². The first-order valence-electron chi connectivity index (χ1n) is 8.84. The molecule has 0 radical (unpaired) electrons. The smallest absolute Gasteiger partial charge is 0.271 e. The molecule has 4 rings (SSSR count). The van der Waals surface area contributed by atoms with Gasteiger partial charge in [-0.15, -0.1) is 0 Å². The molecule has 0 atom stereocenters. The number of para-hydroxylation sites is 2. The second kappa shape index (κ2) is 8.54. The number of nitro groups is 1. The molecule has 0 N–H and O–H groups in total. The van der Waals surface area contributed by atoms with E-state index in [0.717, 1.165) is 11.8 Å². The lowest BCUT2D eigenvalue weighted by atomic mass is 10.1. The van der Waals surface area contributed by atoms with Crippen molar-refractivity contribution in [3.05, 3.63) is 80.4 Å². The Labute approximate surface area is 191 Å². The van der Waals surface area contributed by atoms with Crippen LogP contribution in [-0.4, -0.2) is 22.3 Å². The molecule has 1 aliphatic heterocycles. The van der Waals surface area contributed by atoms with Gasteiger partial charge in [-0.3, -0.25) is 19.8 Å².